The molecule has 3 nitrogen and oxygen atoms in total. The number of carbonyl (C=O) groups excluding carboxylic acids is 1. The molecule has 2 aromatic rings. The minimum Gasteiger partial charge on any atom is -0.488 e. The zero-order valence-corrected chi connectivity index (χ0v) is 14.0. The summed E-state index contributed by atoms with van der Waals surface area (Å²) in [6.45, 7) is 0.0498. The molecular weight excluding hydrogens is 359 g/mol. The minimum atomic E-state index is -2.57. The van der Waals surface area contributed by atoms with Crippen molar-refractivity contribution in [1.82, 2.24) is 4.90 Å². The predicted molar refractivity (Wildman–Crippen MR) is 88.0 cm³/mol. The van der Waals surface area contributed by atoms with Gasteiger partial charge in [-0.3, -0.25) is 4.79 Å². The lowest BCUT2D eigenvalue weighted by atomic mass is 10.1. The average molecular weight is 372 g/mol. The summed E-state index contributed by atoms with van der Waals surface area (Å²) in [6.07, 6.45) is -2.57. The maximum absolute atomic E-state index is 12.5. The summed E-state index contributed by atoms with van der Waals surface area (Å²) in [7, 11) is 0. The largest absolute Gasteiger partial charge is 0.488 e. The maximum atomic E-state index is 12.5. The van der Waals surface area contributed by atoms with Crippen LogP contribution in [-0.4, -0.2) is 23.8 Å². The van der Waals surface area contributed by atoms with Crippen molar-refractivity contribution < 1.29 is 18.3 Å². The molecule has 1 aliphatic rings. The Balaban J connectivity index is 1.78. The van der Waals surface area contributed by atoms with E-state index >= 15 is 0 Å². The second-order valence-electron chi connectivity index (χ2n) is 5.43. The lowest BCUT2D eigenvalue weighted by Crippen LogP contribution is -2.23. The topological polar surface area (TPSA) is 29.5 Å². The third kappa shape index (κ3) is 3.62. The Bertz CT molecular complexity index is 766. The minimum absolute atomic E-state index is 0.189. The number of hydrogen-bond donors (Lipinski definition) is 0. The van der Waals surface area contributed by atoms with Crippen LogP contribution in [0.1, 0.15) is 21.5 Å². The second-order valence-corrected chi connectivity index (χ2v) is 6.27. The van der Waals surface area contributed by atoms with E-state index in [0.717, 1.165) is 5.56 Å². The first kappa shape index (κ1) is 17.0. The fraction of sp³-hybridized carbons (Fsp3) is 0.235. The molecule has 0 bridgehead atoms. The standard InChI is InChI=1S/C17H13Cl2F2NO2/c18-12-3-1-10(2-4-12)7-22-8-11-5-13(24-9-15(20)21)6-14(19)16(11)17(22)23/h1-6,15H,7-9H2. The van der Waals surface area contributed by atoms with Crippen molar-refractivity contribution >= 4 is 29.1 Å². The van der Waals surface area contributed by atoms with E-state index in [4.69, 9.17) is 27.9 Å². The Hall–Kier alpha value is -1.85. The van der Waals surface area contributed by atoms with Crippen LogP contribution in [-0.2, 0) is 13.1 Å². The molecule has 126 valence electrons. The Morgan fingerprint density at radius 3 is 2.54 bits per heavy atom. The number of carbonyl (C=O) groups is 1. The predicted octanol–water partition coefficient (Wildman–Crippen LogP) is 4.79. The van der Waals surface area contributed by atoms with E-state index < -0.39 is 13.0 Å². The third-order valence-electron chi connectivity index (χ3n) is 3.67. The highest BCUT2D eigenvalue weighted by molar-refractivity contribution is 6.34. The summed E-state index contributed by atoms with van der Waals surface area (Å²) in [5.74, 6) is 0.0468. The van der Waals surface area contributed by atoms with Crippen LogP contribution in [0, 0.1) is 0 Å². The van der Waals surface area contributed by atoms with Gasteiger partial charge >= 0.3 is 0 Å². The molecule has 0 radical (unpaired) electrons. The average Bonchev–Trinajstić information content (AvgIpc) is 2.84. The highest BCUT2D eigenvalue weighted by Gasteiger charge is 2.30. The number of ether oxygens (including phenoxy) is 1. The van der Waals surface area contributed by atoms with Crippen molar-refractivity contribution in [2.24, 2.45) is 0 Å². The number of nitrogens with zero attached hydrogens (tertiary/aromatic N) is 1. The van der Waals surface area contributed by atoms with Crippen molar-refractivity contribution in [2.45, 2.75) is 19.5 Å². The maximum Gasteiger partial charge on any atom is 0.272 e. The van der Waals surface area contributed by atoms with Gasteiger partial charge in [-0.15, -0.1) is 0 Å². The van der Waals surface area contributed by atoms with Crippen LogP contribution in [0.3, 0.4) is 0 Å². The Labute approximate surface area is 147 Å². The molecule has 1 aliphatic heterocycles. The van der Waals surface area contributed by atoms with Gasteiger partial charge in [-0.05, 0) is 35.4 Å². The molecule has 7 heteroatoms. The van der Waals surface area contributed by atoms with Crippen LogP contribution in [0.25, 0.3) is 0 Å². The molecule has 0 N–H and O–H groups in total. The molecule has 2 aromatic carbocycles. The summed E-state index contributed by atoms with van der Waals surface area (Å²) < 4.78 is 29.5. The summed E-state index contributed by atoms with van der Waals surface area (Å²) in [5, 5.41) is 0.832. The van der Waals surface area contributed by atoms with Gasteiger partial charge in [0.15, 0.2) is 0 Å². The molecule has 24 heavy (non-hydrogen) atoms. The number of rotatable bonds is 5. The highest BCUT2D eigenvalue weighted by atomic mass is 35.5. The van der Waals surface area contributed by atoms with E-state index in [1.165, 1.54) is 6.07 Å². The van der Waals surface area contributed by atoms with E-state index in [-0.39, 0.29) is 16.7 Å². The van der Waals surface area contributed by atoms with Gasteiger partial charge in [0.05, 0.1) is 10.6 Å². The number of amides is 1. The normalized spacial score (nSPS) is 13.5. The molecule has 0 saturated carbocycles. The molecule has 0 aliphatic carbocycles. The fourth-order valence-corrected chi connectivity index (χ4v) is 3.05. The van der Waals surface area contributed by atoms with Crippen LogP contribution in [0.15, 0.2) is 36.4 Å². The van der Waals surface area contributed by atoms with Crippen LogP contribution in [0.4, 0.5) is 8.78 Å². The highest BCUT2D eigenvalue weighted by Crippen LogP contribution is 2.34. The van der Waals surface area contributed by atoms with E-state index in [0.29, 0.717) is 29.2 Å². The lowest BCUT2D eigenvalue weighted by molar-refractivity contribution is 0.0766. The van der Waals surface area contributed by atoms with Gasteiger partial charge in [0.1, 0.15) is 12.4 Å². The van der Waals surface area contributed by atoms with E-state index in [1.54, 1.807) is 23.1 Å². The van der Waals surface area contributed by atoms with Gasteiger partial charge in [0.2, 0.25) is 0 Å². The molecular formula is C17H13Cl2F2NO2. The van der Waals surface area contributed by atoms with Crippen molar-refractivity contribution in [3.8, 4) is 5.75 Å². The molecule has 0 atom stereocenters. The number of halogens is 4. The zero-order chi connectivity index (χ0) is 17.3. The summed E-state index contributed by atoms with van der Waals surface area (Å²) >= 11 is 12.0. The Morgan fingerprint density at radius 2 is 1.88 bits per heavy atom. The van der Waals surface area contributed by atoms with E-state index in [9.17, 15) is 13.6 Å². The van der Waals surface area contributed by atoms with E-state index in [1.807, 2.05) is 12.1 Å². The fourth-order valence-electron chi connectivity index (χ4n) is 2.62. The molecule has 0 unspecified atom stereocenters. The van der Waals surface area contributed by atoms with Crippen LogP contribution >= 0.6 is 23.2 Å². The molecule has 0 saturated heterocycles. The van der Waals surface area contributed by atoms with Crippen molar-refractivity contribution in [1.29, 1.82) is 0 Å². The SMILES string of the molecule is O=C1c2c(Cl)cc(OCC(F)F)cc2CN1Cc1ccc(Cl)cc1. The quantitative estimate of drug-likeness (QED) is 0.755. The molecule has 1 amide bonds. The summed E-state index contributed by atoms with van der Waals surface area (Å²) in [6, 6.07) is 10.2. The number of fused-ring (bicyclic) bond motifs is 1. The van der Waals surface area contributed by atoms with Crippen LogP contribution < -0.4 is 4.74 Å². The van der Waals surface area contributed by atoms with Gasteiger partial charge < -0.3 is 9.64 Å². The van der Waals surface area contributed by atoms with Gasteiger partial charge in [0, 0.05) is 18.1 Å². The molecule has 0 fully saturated rings. The van der Waals surface area contributed by atoms with Crippen molar-refractivity contribution in [2.75, 3.05) is 6.61 Å². The number of alkyl halides is 2. The Morgan fingerprint density at radius 1 is 1.17 bits per heavy atom. The molecule has 1 heterocycles. The Kier molecular flexibility index (Phi) is 4.92. The molecule has 0 aromatic heterocycles. The summed E-state index contributed by atoms with van der Waals surface area (Å²) in [5.41, 5.74) is 2.01. The van der Waals surface area contributed by atoms with Crippen LogP contribution in [0.2, 0.25) is 10.0 Å². The van der Waals surface area contributed by atoms with Gasteiger partial charge in [-0.2, -0.15) is 0 Å². The first-order chi connectivity index (χ1) is 11.4. The van der Waals surface area contributed by atoms with Crippen molar-refractivity contribution in [3.05, 3.63) is 63.1 Å². The lowest BCUT2D eigenvalue weighted by Gasteiger charge is -2.15. The number of hydrogen-bond acceptors (Lipinski definition) is 2. The second kappa shape index (κ2) is 6.95. The monoisotopic (exact) mass is 371 g/mol. The van der Waals surface area contributed by atoms with Gasteiger partial charge in [-0.1, -0.05) is 35.3 Å². The van der Waals surface area contributed by atoms with Crippen molar-refractivity contribution in [3.63, 3.8) is 0 Å². The molecule has 3 rings (SSSR count). The van der Waals surface area contributed by atoms with Crippen LogP contribution in [0.5, 0.6) is 5.75 Å². The third-order valence-corrected chi connectivity index (χ3v) is 4.22. The van der Waals surface area contributed by atoms with E-state index in [2.05, 4.69) is 0 Å². The van der Waals surface area contributed by atoms with Gasteiger partial charge in [-0.25, -0.2) is 8.78 Å². The smallest absolute Gasteiger partial charge is 0.272 e. The first-order valence-corrected chi connectivity index (χ1v) is 7.96. The van der Waals surface area contributed by atoms with Gasteiger partial charge in [0.25, 0.3) is 12.3 Å². The first-order valence-electron chi connectivity index (χ1n) is 7.21. The molecule has 0 spiro atoms. The zero-order valence-electron chi connectivity index (χ0n) is 12.4. The summed E-state index contributed by atoms with van der Waals surface area (Å²) in [4.78, 5) is 14.2. The number of benzene rings is 2.